The molecule has 0 atom stereocenters. The van der Waals surface area contributed by atoms with Crippen LogP contribution in [-0.4, -0.2) is 40.6 Å². The summed E-state index contributed by atoms with van der Waals surface area (Å²) in [6, 6.07) is 7.12. The van der Waals surface area contributed by atoms with E-state index in [9.17, 15) is 12.8 Å². The summed E-state index contributed by atoms with van der Waals surface area (Å²) in [5.41, 5.74) is 1.95. The maximum Gasteiger partial charge on any atom is 0.266 e. The Morgan fingerprint density at radius 1 is 1.27 bits per heavy atom. The van der Waals surface area contributed by atoms with Crippen LogP contribution in [0.3, 0.4) is 0 Å². The Hall–Kier alpha value is -2.62. The van der Waals surface area contributed by atoms with Gasteiger partial charge in [0.25, 0.3) is 10.0 Å². The van der Waals surface area contributed by atoms with Crippen molar-refractivity contribution < 1.29 is 12.8 Å². The summed E-state index contributed by atoms with van der Waals surface area (Å²) in [4.78, 5) is 8.66. The zero-order valence-electron chi connectivity index (χ0n) is 17.6. The van der Waals surface area contributed by atoms with Crippen LogP contribution in [0.25, 0.3) is 4.85 Å². The molecule has 0 unspecified atom stereocenters. The SMILES string of the molecule is Cl.[C-]#[N+]c1ccc(Nc2cc(F)c(S(=O)(=O)Nc3nccs3)cc2Cl)c(N(C)CCNC)c1. The molecule has 176 valence electrons. The van der Waals surface area contributed by atoms with E-state index >= 15 is 0 Å². The lowest BCUT2D eigenvalue weighted by atomic mass is 10.2. The van der Waals surface area contributed by atoms with Gasteiger partial charge >= 0.3 is 0 Å². The number of nitrogens with one attached hydrogen (secondary N) is 3. The highest BCUT2D eigenvalue weighted by Crippen LogP contribution is 2.36. The quantitative estimate of drug-likeness (QED) is 0.333. The smallest absolute Gasteiger partial charge is 0.266 e. The molecule has 0 spiro atoms. The van der Waals surface area contributed by atoms with Gasteiger partial charge in [-0.1, -0.05) is 17.7 Å². The number of halogens is 3. The van der Waals surface area contributed by atoms with Gasteiger partial charge in [0, 0.05) is 43.5 Å². The number of thiazole rings is 1. The zero-order valence-corrected chi connectivity index (χ0v) is 20.8. The fourth-order valence-electron chi connectivity index (χ4n) is 2.83. The van der Waals surface area contributed by atoms with Gasteiger partial charge < -0.3 is 15.5 Å². The highest BCUT2D eigenvalue weighted by Gasteiger charge is 2.23. The molecule has 33 heavy (non-hydrogen) atoms. The minimum atomic E-state index is -4.20. The van der Waals surface area contributed by atoms with Gasteiger partial charge in [-0.3, -0.25) is 4.72 Å². The fraction of sp³-hybridized carbons (Fsp3) is 0.200. The molecule has 0 bridgehead atoms. The van der Waals surface area contributed by atoms with Crippen LogP contribution in [0.4, 0.5) is 32.3 Å². The van der Waals surface area contributed by atoms with Crippen LogP contribution in [-0.2, 0) is 10.0 Å². The van der Waals surface area contributed by atoms with Gasteiger partial charge in [-0.15, -0.1) is 23.7 Å². The van der Waals surface area contributed by atoms with Gasteiger partial charge in [0.15, 0.2) is 10.8 Å². The Morgan fingerprint density at radius 2 is 2.03 bits per heavy atom. The van der Waals surface area contributed by atoms with Gasteiger partial charge in [-0.2, -0.15) is 0 Å². The first-order valence-corrected chi connectivity index (χ1v) is 12.0. The molecule has 0 aliphatic rings. The molecule has 3 rings (SSSR count). The molecular weight excluding hydrogens is 510 g/mol. The largest absolute Gasteiger partial charge is 0.373 e. The minimum Gasteiger partial charge on any atom is -0.373 e. The van der Waals surface area contributed by atoms with Gasteiger partial charge in [0.1, 0.15) is 10.7 Å². The van der Waals surface area contributed by atoms with E-state index in [1.165, 1.54) is 6.20 Å². The molecule has 0 saturated heterocycles. The van der Waals surface area contributed by atoms with Crippen molar-refractivity contribution in [2.24, 2.45) is 0 Å². The fourth-order valence-corrected chi connectivity index (χ4v) is 4.98. The first-order chi connectivity index (χ1) is 15.2. The predicted octanol–water partition coefficient (Wildman–Crippen LogP) is 5.11. The summed E-state index contributed by atoms with van der Waals surface area (Å²) < 4.78 is 42.1. The Bertz CT molecular complexity index is 1250. The summed E-state index contributed by atoms with van der Waals surface area (Å²) in [7, 11) is -0.498. The van der Waals surface area contributed by atoms with Crippen LogP contribution in [0.2, 0.25) is 5.02 Å². The lowest BCUT2D eigenvalue weighted by Crippen LogP contribution is -2.27. The Kier molecular flexibility index (Phi) is 9.27. The number of sulfonamides is 1. The van der Waals surface area contributed by atoms with Crippen molar-refractivity contribution in [3.63, 3.8) is 0 Å². The molecule has 8 nitrogen and oxygen atoms in total. The van der Waals surface area contributed by atoms with Crippen LogP contribution < -0.4 is 20.3 Å². The Labute approximate surface area is 207 Å². The predicted molar refractivity (Wildman–Crippen MR) is 135 cm³/mol. The highest BCUT2D eigenvalue weighted by molar-refractivity contribution is 7.93. The van der Waals surface area contributed by atoms with Crippen LogP contribution in [0, 0.1) is 12.4 Å². The van der Waals surface area contributed by atoms with Crippen molar-refractivity contribution in [2.45, 2.75) is 4.90 Å². The number of hydrogen-bond acceptors (Lipinski definition) is 7. The topological polar surface area (TPSA) is 90.7 Å². The van der Waals surface area contributed by atoms with Crippen LogP contribution in [0.5, 0.6) is 0 Å². The Balaban J connectivity index is 0.00000385. The molecule has 0 fully saturated rings. The molecule has 1 aromatic heterocycles. The van der Waals surface area contributed by atoms with Crippen molar-refractivity contribution in [1.82, 2.24) is 10.3 Å². The van der Waals surface area contributed by atoms with Crippen LogP contribution in [0.15, 0.2) is 46.8 Å². The number of hydrogen-bond donors (Lipinski definition) is 3. The number of likely N-dealkylation sites (N-methyl/N-ethyl adjacent to an activating group) is 2. The maximum absolute atomic E-state index is 14.8. The molecule has 0 aliphatic heterocycles. The van der Waals surface area contributed by atoms with E-state index < -0.39 is 20.7 Å². The first kappa shape index (κ1) is 26.6. The summed E-state index contributed by atoms with van der Waals surface area (Å²) in [5, 5.41) is 7.85. The average Bonchev–Trinajstić information content (AvgIpc) is 3.26. The van der Waals surface area contributed by atoms with Crippen molar-refractivity contribution in [1.29, 1.82) is 0 Å². The third kappa shape index (κ3) is 6.46. The molecule has 3 N–H and O–H groups in total. The summed E-state index contributed by atoms with van der Waals surface area (Å²) in [6.07, 6.45) is 1.43. The van der Waals surface area contributed by atoms with E-state index in [2.05, 4.69) is 25.2 Å². The molecule has 0 saturated carbocycles. The summed E-state index contributed by atoms with van der Waals surface area (Å²) >= 11 is 7.38. The van der Waals surface area contributed by atoms with E-state index in [1.807, 2.05) is 19.0 Å². The molecule has 1 heterocycles. The molecular formula is C20H21Cl2FN6O2S2. The van der Waals surface area contributed by atoms with Crippen LogP contribution in [0.1, 0.15) is 0 Å². The van der Waals surface area contributed by atoms with Crippen molar-refractivity contribution >= 4 is 73.2 Å². The zero-order chi connectivity index (χ0) is 23.3. The second kappa shape index (κ2) is 11.5. The van der Waals surface area contributed by atoms with Crippen LogP contribution >= 0.6 is 35.3 Å². The first-order valence-electron chi connectivity index (χ1n) is 9.31. The molecule has 13 heteroatoms. The second-order valence-electron chi connectivity index (χ2n) is 6.67. The number of rotatable bonds is 9. The summed E-state index contributed by atoms with van der Waals surface area (Å²) in [6.45, 7) is 8.64. The lowest BCUT2D eigenvalue weighted by molar-refractivity contribution is 0.571. The normalized spacial score (nSPS) is 10.8. The van der Waals surface area contributed by atoms with Crippen molar-refractivity contribution in [3.05, 3.63) is 64.2 Å². The van der Waals surface area contributed by atoms with E-state index in [0.717, 1.165) is 23.5 Å². The molecule has 3 aromatic rings. The summed E-state index contributed by atoms with van der Waals surface area (Å²) in [5.74, 6) is -0.969. The monoisotopic (exact) mass is 530 g/mol. The van der Waals surface area contributed by atoms with Gasteiger partial charge in [0.05, 0.1) is 23.0 Å². The second-order valence-corrected chi connectivity index (χ2v) is 9.62. The van der Waals surface area contributed by atoms with Crippen molar-refractivity contribution in [3.8, 4) is 0 Å². The molecule has 0 aliphatic carbocycles. The lowest BCUT2D eigenvalue weighted by Gasteiger charge is -2.24. The number of nitrogens with zero attached hydrogens (tertiary/aromatic N) is 3. The Morgan fingerprint density at radius 3 is 2.67 bits per heavy atom. The van der Waals surface area contributed by atoms with E-state index in [1.54, 1.807) is 23.6 Å². The number of aromatic nitrogens is 1. The third-order valence-electron chi connectivity index (χ3n) is 4.45. The maximum atomic E-state index is 14.8. The van der Waals surface area contributed by atoms with Crippen molar-refractivity contribution in [2.75, 3.05) is 42.1 Å². The molecule has 0 amide bonds. The number of anilines is 4. The van der Waals surface area contributed by atoms with Gasteiger partial charge in [-0.05, 0) is 25.2 Å². The highest BCUT2D eigenvalue weighted by atomic mass is 35.5. The number of benzene rings is 2. The minimum absolute atomic E-state index is 0. The standard InChI is InChI=1S/C20H20ClFN6O2S2.ClH/c1-23-6-8-28(3)18-10-13(24-2)4-5-16(18)26-17-12-15(22)19(11-14(17)21)32(29,30)27-20-25-7-9-31-20;/h4-5,7,9-12,23,26H,6,8H2,1,3H3,(H,25,27);1H. The average molecular weight is 531 g/mol. The molecule has 2 aromatic carbocycles. The third-order valence-corrected chi connectivity index (χ3v) is 6.94. The van der Waals surface area contributed by atoms with Gasteiger partial charge in [-0.25, -0.2) is 22.6 Å². The van der Waals surface area contributed by atoms with E-state index in [0.29, 0.717) is 30.2 Å². The van der Waals surface area contributed by atoms with E-state index in [-0.39, 0.29) is 28.2 Å². The molecule has 0 radical (unpaired) electrons. The van der Waals surface area contributed by atoms with Gasteiger partial charge in [0.2, 0.25) is 0 Å². The van der Waals surface area contributed by atoms with E-state index in [4.69, 9.17) is 18.2 Å².